The smallest absolute Gasteiger partial charge is 0.233 e. The van der Waals surface area contributed by atoms with Crippen LogP contribution in [0, 0.1) is 0 Å². The van der Waals surface area contributed by atoms with Gasteiger partial charge in [0.25, 0.3) is 0 Å². The Labute approximate surface area is 129 Å². The normalized spacial score (nSPS) is 16.2. The van der Waals surface area contributed by atoms with Gasteiger partial charge in [0, 0.05) is 23.7 Å². The molecule has 1 fully saturated rings. The molecule has 1 amide bonds. The molecule has 0 unspecified atom stereocenters. The largest absolute Gasteiger partial charge is 0.396 e. The molecule has 0 atom stereocenters. The number of nitrogens with zero attached hydrogens (tertiary/aromatic N) is 1. The van der Waals surface area contributed by atoms with Crippen molar-refractivity contribution in [2.45, 2.75) is 44.6 Å². The SMILES string of the molecule is CC(C)N(CCCO)C(=O)C1(c2ccc(Br)cc2)CC1. The van der Waals surface area contributed by atoms with Gasteiger partial charge in [-0.1, -0.05) is 28.1 Å². The fraction of sp³-hybridized carbons (Fsp3) is 0.562. The van der Waals surface area contributed by atoms with E-state index in [-0.39, 0.29) is 24.0 Å². The molecule has 1 aliphatic rings. The van der Waals surface area contributed by atoms with Gasteiger partial charge in [-0.3, -0.25) is 4.79 Å². The van der Waals surface area contributed by atoms with Crippen LogP contribution in [0.25, 0.3) is 0 Å². The average molecular weight is 340 g/mol. The lowest BCUT2D eigenvalue weighted by Gasteiger charge is -2.31. The molecule has 20 heavy (non-hydrogen) atoms. The lowest BCUT2D eigenvalue weighted by Crippen LogP contribution is -2.44. The molecule has 3 nitrogen and oxygen atoms in total. The Morgan fingerprint density at radius 1 is 1.35 bits per heavy atom. The summed E-state index contributed by atoms with van der Waals surface area (Å²) in [6.07, 6.45) is 2.49. The summed E-state index contributed by atoms with van der Waals surface area (Å²) in [5.74, 6) is 0.211. The van der Waals surface area contributed by atoms with Gasteiger partial charge in [-0.25, -0.2) is 0 Å². The molecule has 0 heterocycles. The van der Waals surface area contributed by atoms with Crippen molar-refractivity contribution in [1.29, 1.82) is 0 Å². The highest BCUT2D eigenvalue weighted by molar-refractivity contribution is 9.10. The Kier molecular flexibility index (Phi) is 4.86. The van der Waals surface area contributed by atoms with E-state index in [2.05, 4.69) is 15.9 Å². The molecule has 0 bridgehead atoms. The number of carbonyl (C=O) groups excluding carboxylic acids is 1. The third kappa shape index (κ3) is 3.07. The molecule has 1 N–H and O–H groups in total. The van der Waals surface area contributed by atoms with Crippen molar-refractivity contribution in [3.05, 3.63) is 34.3 Å². The third-order valence-electron chi connectivity index (χ3n) is 4.00. The minimum Gasteiger partial charge on any atom is -0.396 e. The first-order valence-electron chi connectivity index (χ1n) is 7.19. The first-order valence-corrected chi connectivity index (χ1v) is 7.98. The Bertz CT molecular complexity index is 466. The second-order valence-electron chi connectivity index (χ2n) is 5.76. The van der Waals surface area contributed by atoms with E-state index >= 15 is 0 Å². The zero-order chi connectivity index (χ0) is 14.8. The van der Waals surface area contributed by atoms with Crippen LogP contribution in [0.2, 0.25) is 0 Å². The van der Waals surface area contributed by atoms with Gasteiger partial charge in [-0.05, 0) is 50.8 Å². The van der Waals surface area contributed by atoms with Crippen molar-refractivity contribution < 1.29 is 9.90 Å². The molecule has 4 heteroatoms. The molecule has 1 saturated carbocycles. The van der Waals surface area contributed by atoms with Gasteiger partial charge >= 0.3 is 0 Å². The topological polar surface area (TPSA) is 40.5 Å². The minimum absolute atomic E-state index is 0.127. The maximum absolute atomic E-state index is 12.9. The summed E-state index contributed by atoms with van der Waals surface area (Å²) in [5.41, 5.74) is 0.792. The second-order valence-corrected chi connectivity index (χ2v) is 6.67. The van der Waals surface area contributed by atoms with E-state index in [4.69, 9.17) is 5.11 Å². The van der Waals surface area contributed by atoms with Crippen LogP contribution in [-0.2, 0) is 10.2 Å². The Balaban J connectivity index is 2.19. The number of halogens is 1. The van der Waals surface area contributed by atoms with Gasteiger partial charge < -0.3 is 10.0 Å². The summed E-state index contributed by atoms with van der Waals surface area (Å²) in [5, 5.41) is 9.00. The van der Waals surface area contributed by atoms with E-state index in [1.165, 1.54) is 0 Å². The highest BCUT2D eigenvalue weighted by Gasteiger charge is 2.53. The molecule has 2 rings (SSSR count). The van der Waals surface area contributed by atoms with E-state index in [9.17, 15) is 4.79 Å². The minimum atomic E-state index is -0.319. The molecule has 0 spiro atoms. The van der Waals surface area contributed by atoms with Crippen molar-refractivity contribution in [1.82, 2.24) is 4.90 Å². The molecule has 0 radical (unpaired) electrons. The van der Waals surface area contributed by atoms with Crippen LogP contribution in [-0.4, -0.2) is 35.1 Å². The second kappa shape index (κ2) is 6.27. The quantitative estimate of drug-likeness (QED) is 0.865. The zero-order valence-electron chi connectivity index (χ0n) is 12.1. The summed E-state index contributed by atoms with van der Waals surface area (Å²) in [6, 6.07) is 8.24. The van der Waals surface area contributed by atoms with Crippen LogP contribution < -0.4 is 0 Å². The number of hydrogen-bond donors (Lipinski definition) is 1. The summed E-state index contributed by atoms with van der Waals surface area (Å²) < 4.78 is 1.03. The summed E-state index contributed by atoms with van der Waals surface area (Å²) in [4.78, 5) is 14.8. The Morgan fingerprint density at radius 2 is 1.95 bits per heavy atom. The standard InChI is InChI=1S/C16H22BrNO2/c1-12(2)18(10-3-11-19)15(20)16(8-9-16)13-4-6-14(17)7-5-13/h4-7,12,19H,3,8-11H2,1-2H3. The molecule has 1 aromatic carbocycles. The molecular weight excluding hydrogens is 318 g/mol. The van der Waals surface area contributed by atoms with Crippen LogP contribution in [0.3, 0.4) is 0 Å². The van der Waals surface area contributed by atoms with Crippen molar-refractivity contribution in [3.63, 3.8) is 0 Å². The van der Waals surface area contributed by atoms with Gasteiger partial charge in [0.15, 0.2) is 0 Å². The number of rotatable bonds is 6. The highest BCUT2D eigenvalue weighted by Crippen LogP contribution is 2.50. The van der Waals surface area contributed by atoms with Crippen LogP contribution in [0.1, 0.15) is 38.7 Å². The van der Waals surface area contributed by atoms with Crippen molar-refractivity contribution in [2.75, 3.05) is 13.2 Å². The third-order valence-corrected chi connectivity index (χ3v) is 4.53. The van der Waals surface area contributed by atoms with E-state index < -0.39 is 0 Å². The van der Waals surface area contributed by atoms with Gasteiger partial charge in [-0.15, -0.1) is 0 Å². The fourth-order valence-corrected chi connectivity index (χ4v) is 2.89. The van der Waals surface area contributed by atoms with E-state index in [0.29, 0.717) is 13.0 Å². The summed E-state index contributed by atoms with van der Waals surface area (Å²) >= 11 is 3.43. The number of aliphatic hydroxyl groups excluding tert-OH is 1. The molecule has 0 aliphatic heterocycles. The monoisotopic (exact) mass is 339 g/mol. The molecule has 1 aromatic rings. The predicted molar refractivity (Wildman–Crippen MR) is 83.6 cm³/mol. The summed E-state index contributed by atoms with van der Waals surface area (Å²) in [6.45, 7) is 4.83. The lowest BCUT2D eigenvalue weighted by atomic mass is 9.93. The van der Waals surface area contributed by atoms with Gasteiger partial charge in [0.2, 0.25) is 5.91 Å². The van der Waals surface area contributed by atoms with E-state index in [0.717, 1.165) is 22.9 Å². The molecule has 1 aliphatic carbocycles. The van der Waals surface area contributed by atoms with Gasteiger partial charge in [0.1, 0.15) is 0 Å². The van der Waals surface area contributed by atoms with Crippen molar-refractivity contribution in [3.8, 4) is 0 Å². The van der Waals surface area contributed by atoms with Crippen molar-refractivity contribution in [2.24, 2.45) is 0 Å². The first kappa shape index (κ1) is 15.5. The molecule has 0 saturated heterocycles. The van der Waals surface area contributed by atoms with Crippen LogP contribution in [0.15, 0.2) is 28.7 Å². The predicted octanol–water partition coefficient (Wildman–Crippen LogP) is 3.10. The lowest BCUT2D eigenvalue weighted by molar-refractivity contribution is -0.135. The van der Waals surface area contributed by atoms with Crippen LogP contribution in [0.4, 0.5) is 0 Å². The van der Waals surface area contributed by atoms with Crippen LogP contribution in [0.5, 0.6) is 0 Å². The van der Waals surface area contributed by atoms with Gasteiger partial charge in [-0.2, -0.15) is 0 Å². The maximum atomic E-state index is 12.9. The molecular formula is C16H22BrNO2. The highest BCUT2D eigenvalue weighted by atomic mass is 79.9. The maximum Gasteiger partial charge on any atom is 0.233 e. The zero-order valence-corrected chi connectivity index (χ0v) is 13.7. The van der Waals surface area contributed by atoms with Gasteiger partial charge in [0.05, 0.1) is 5.41 Å². The molecule has 0 aromatic heterocycles. The van der Waals surface area contributed by atoms with E-state index in [1.54, 1.807) is 0 Å². The van der Waals surface area contributed by atoms with Crippen LogP contribution >= 0.6 is 15.9 Å². The van der Waals surface area contributed by atoms with E-state index in [1.807, 2.05) is 43.0 Å². The Morgan fingerprint density at radius 3 is 2.40 bits per heavy atom. The molecule has 110 valence electrons. The number of carbonyl (C=O) groups is 1. The first-order chi connectivity index (χ1) is 9.51. The average Bonchev–Trinajstić information content (AvgIpc) is 3.21. The summed E-state index contributed by atoms with van der Waals surface area (Å²) in [7, 11) is 0. The number of benzene rings is 1. The number of aliphatic hydroxyl groups is 1. The number of hydrogen-bond acceptors (Lipinski definition) is 2. The fourth-order valence-electron chi connectivity index (χ4n) is 2.63. The number of amides is 1. The Hall–Kier alpha value is -0.870. The van der Waals surface area contributed by atoms with Crippen molar-refractivity contribution >= 4 is 21.8 Å².